The van der Waals surface area contributed by atoms with Crippen LogP contribution in [0.3, 0.4) is 0 Å². The molecular formula is C25H26F3N4O7P. The van der Waals surface area contributed by atoms with Crippen LogP contribution < -0.4 is 15.0 Å². The molecule has 0 saturated carbocycles. The van der Waals surface area contributed by atoms with E-state index in [1.54, 1.807) is 24.3 Å². The van der Waals surface area contributed by atoms with Gasteiger partial charge in [0.15, 0.2) is 0 Å². The standard InChI is InChI=1S/C25H26F3N4O7P/c1-16-2-3-19(30-24(33)17-4-5-29-21(12-17)25(26,27)28)15-20(16)18-13-22(32-6-8-37-9-7-32)31-23(14-18)38-10-11-39-40(34,35)36/h2-5,12-15H,6-11H2,1H3,(H,30,33)(H2,34,35,36). The van der Waals surface area contributed by atoms with Crippen molar-refractivity contribution >= 4 is 25.2 Å². The lowest BCUT2D eigenvalue weighted by atomic mass is 10.00. The van der Waals surface area contributed by atoms with Crippen LogP contribution in [0.5, 0.6) is 5.88 Å². The van der Waals surface area contributed by atoms with Gasteiger partial charge in [-0.1, -0.05) is 6.07 Å². The van der Waals surface area contributed by atoms with Crippen LogP contribution in [0.15, 0.2) is 48.7 Å². The number of anilines is 2. The van der Waals surface area contributed by atoms with E-state index in [0.717, 1.165) is 11.8 Å². The zero-order chi connectivity index (χ0) is 28.9. The van der Waals surface area contributed by atoms with Crippen LogP contribution in [0, 0.1) is 6.92 Å². The molecule has 15 heteroatoms. The van der Waals surface area contributed by atoms with E-state index >= 15 is 0 Å². The molecule has 0 atom stereocenters. The summed E-state index contributed by atoms with van der Waals surface area (Å²) in [5, 5.41) is 2.62. The number of hydrogen-bond donors (Lipinski definition) is 3. The second-order valence-electron chi connectivity index (χ2n) is 8.74. The highest BCUT2D eigenvalue weighted by atomic mass is 31.2. The van der Waals surface area contributed by atoms with Gasteiger partial charge in [-0.3, -0.25) is 14.3 Å². The lowest BCUT2D eigenvalue weighted by molar-refractivity contribution is -0.141. The molecule has 11 nitrogen and oxygen atoms in total. The van der Waals surface area contributed by atoms with Crippen molar-refractivity contribution in [3.63, 3.8) is 0 Å². The van der Waals surface area contributed by atoms with Gasteiger partial charge in [-0.05, 0) is 53.9 Å². The van der Waals surface area contributed by atoms with Gasteiger partial charge in [0.25, 0.3) is 5.91 Å². The van der Waals surface area contributed by atoms with Crippen molar-refractivity contribution in [2.75, 3.05) is 49.7 Å². The number of carbonyl (C=O) groups is 1. The lowest BCUT2D eigenvalue weighted by Crippen LogP contribution is -2.36. The van der Waals surface area contributed by atoms with E-state index in [9.17, 15) is 22.5 Å². The summed E-state index contributed by atoms with van der Waals surface area (Å²) < 4.78 is 65.5. The number of rotatable bonds is 9. The predicted molar refractivity (Wildman–Crippen MR) is 138 cm³/mol. The van der Waals surface area contributed by atoms with Crippen LogP contribution >= 0.6 is 7.82 Å². The van der Waals surface area contributed by atoms with Gasteiger partial charge >= 0.3 is 14.0 Å². The molecule has 1 aromatic carbocycles. The number of nitrogens with one attached hydrogen (secondary N) is 1. The molecule has 3 N–H and O–H groups in total. The molecular weight excluding hydrogens is 556 g/mol. The molecule has 0 unspecified atom stereocenters. The van der Waals surface area contributed by atoms with Crippen LogP contribution in [0.4, 0.5) is 24.7 Å². The summed E-state index contributed by atoms with van der Waals surface area (Å²) in [6.45, 7) is 3.48. The quantitative estimate of drug-likeness (QED) is 0.250. The first-order valence-electron chi connectivity index (χ1n) is 12.0. The molecule has 1 aliphatic heterocycles. The predicted octanol–water partition coefficient (Wildman–Crippen LogP) is 4.05. The third-order valence-electron chi connectivity index (χ3n) is 5.84. The number of aryl methyl sites for hydroxylation is 1. The highest BCUT2D eigenvalue weighted by molar-refractivity contribution is 7.46. The van der Waals surface area contributed by atoms with Crippen LogP contribution in [0.25, 0.3) is 11.1 Å². The maximum absolute atomic E-state index is 13.0. The summed E-state index contributed by atoms with van der Waals surface area (Å²) in [5.41, 5.74) is 1.16. The van der Waals surface area contributed by atoms with Crippen LogP contribution in [-0.4, -0.2) is 65.2 Å². The second kappa shape index (κ2) is 12.3. The van der Waals surface area contributed by atoms with E-state index in [1.165, 1.54) is 6.07 Å². The smallest absolute Gasteiger partial charge is 0.469 e. The number of carbonyl (C=O) groups excluding carboxylic acids is 1. The number of hydrogen-bond acceptors (Lipinski definition) is 8. The number of morpholine rings is 1. The number of pyridine rings is 2. The zero-order valence-corrected chi connectivity index (χ0v) is 22.1. The minimum Gasteiger partial charge on any atom is -0.475 e. The molecule has 4 rings (SSSR count). The highest BCUT2D eigenvalue weighted by Gasteiger charge is 2.33. The summed E-state index contributed by atoms with van der Waals surface area (Å²) in [4.78, 5) is 40.3. The monoisotopic (exact) mass is 582 g/mol. The minimum absolute atomic E-state index is 0.176. The first-order chi connectivity index (χ1) is 18.9. The summed E-state index contributed by atoms with van der Waals surface area (Å²) in [6, 6.07) is 10.4. The number of amides is 1. The lowest BCUT2D eigenvalue weighted by Gasteiger charge is -2.28. The maximum Gasteiger partial charge on any atom is 0.469 e. The van der Waals surface area contributed by atoms with Gasteiger partial charge in [-0.2, -0.15) is 18.2 Å². The SMILES string of the molecule is Cc1ccc(NC(=O)c2ccnc(C(F)(F)F)c2)cc1-c1cc(OCCOP(=O)(O)O)nc(N2CCOCC2)c1. The Bertz CT molecular complexity index is 1410. The fourth-order valence-electron chi connectivity index (χ4n) is 3.92. The number of alkyl halides is 3. The van der Waals surface area contributed by atoms with E-state index < -0.39 is 25.6 Å². The van der Waals surface area contributed by atoms with E-state index in [0.29, 0.717) is 55.0 Å². The number of halogens is 3. The van der Waals surface area contributed by atoms with Gasteiger partial charge in [-0.15, -0.1) is 0 Å². The number of aromatic nitrogens is 2. The molecule has 0 bridgehead atoms. The first kappa shape index (κ1) is 29.4. The average Bonchev–Trinajstić information content (AvgIpc) is 2.91. The molecule has 1 fully saturated rings. The Morgan fingerprint density at radius 3 is 2.58 bits per heavy atom. The van der Waals surface area contributed by atoms with Crippen molar-refractivity contribution in [2.24, 2.45) is 0 Å². The largest absolute Gasteiger partial charge is 0.475 e. The van der Waals surface area contributed by atoms with Crippen molar-refractivity contribution in [1.82, 2.24) is 9.97 Å². The Morgan fingerprint density at radius 2 is 1.88 bits per heavy atom. The molecule has 40 heavy (non-hydrogen) atoms. The summed E-state index contributed by atoms with van der Waals surface area (Å²) in [6.07, 6.45) is -3.76. The Kier molecular flexibility index (Phi) is 9.06. The van der Waals surface area contributed by atoms with Crippen molar-refractivity contribution in [3.8, 4) is 17.0 Å². The normalized spacial score (nSPS) is 14.2. The van der Waals surface area contributed by atoms with Gasteiger partial charge in [0.2, 0.25) is 5.88 Å². The Hall–Kier alpha value is -3.55. The van der Waals surface area contributed by atoms with Crippen molar-refractivity contribution in [2.45, 2.75) is 13.1 Å². The molecule has 3 aromatic rings. The van der Waals surface area contributed by atoms with Crippen LogP contribution in [0.2, 0.25) is 0 Å². The van der Waals surface area contributed by atoms with Gasteiger partial charge in [0.05, 0.1) is 19.8 Å². The number of benzene rings is 1. The average molecular weight is 582 g/mol. The van der Waals surface area contributed by atoms with E-state index in [2.05, 4.69) is 19.8 Å². The molecule has 3 heterocycles. The molecule has 214 valence electrons. The highest BCUT2D eigenvalue weighted by Crippen LogP contribution is 2.36. The van der Waals surface area contributed by atoms with Gasteiger partial charge in [0.1, 0.15) is 18.1 Å². The Balaban J connectivity index is 1.61. The number of phosphoric ester groups is 1. The topological polar surface area (TPSA) is 143 Å². The molecule has 2 aromatic heterocycles. The van der Waals surface area contributed by atoms with Crippen molar-refractivity contribution in [3.05, 3.63) is 65.5 Å². The number of nitrogens with zero attached hydrogens (tertiary/aromatic N) is 3. The molecule has 1 saturated heterocycles. The van der Waals surface area contributed by atoms with E-state index in [4.69, 9.17) is 19.3 Å². The number of phosphoric acid groups is 1. The fraction of sp³-hybridized carbons (Fsp3) is 0.320. The fourth-order valence-corrected chi connectivity index (χ4v) is 4.23. The first-order valence-corrected chi connectivity index (χ1v) is 13.6. The van der Waals surface area contributed by atoms with Gasteiger partial charge in [-0.25, -0.2) is 4.57 Å². The Labute approximate surface area is 227 Å². The van der Waals surface area contributed by atoms with Gasteiger partial charge < -0.3 is 29.5 Å². The Morgan fingerprint density at radius 1 is 1.12 bits per heavy atom. The van der Waals surface area contributed by atoms with Crippen LogP contribution in [-0.2, 0) is 20.0 Å². The molecule has 0 aliphatic carbocycles. The zero-order valence-electron chi connectivity index (χ0n) is 21.2. The molecule has 0 radical (unpaired) electrons. The number of ether oxygens (including phenoxy) is 2. The van der Waals surface area contributed by atoms with E-state index in [-0.39, 0.29) is 24.7 Å². The molecule has 1 amide bonds. The summed E-state index contributed by atoms with van der Waals surface area (Å²) >= 11 is 0. The molecule has 0 spiro atoms. The van der Waals surface area contributed by atoms with Gasteiger partial charge in [0, 0.05) is 36.6 Å². The molecule has 1 aliphatic rings. The van der Waals surface area contributed by atoms with Crippen LogP contribution in [0.1, 0.15) is 21.6 Å². The second-order valence-corrected chi connectivity index (χ2v) is 9.97. The third kappa shape index (κ3) is 7.99. The minimum atomic E-state index is -4.69. The van der Waals surface area contributed by atoms with Crippen molar-refractivity contribution < 1.29 is 46.3 Å². The summed E-state index contributed by atoms with van der Waals surface area (Å²) in [7, 11) is -4.65. The summed E-state index contributed by atoms with van der Waals surface area (Å²) in [5.74, 6) is 0.0242. The van der Waals surface area contributed by atoms with Crippen molar-refractivity contribution in [1.29, 1.82) is 0 Å². The van der Waals surface area contributed by atoms with E-state index in [1.807, 2.05) is 17.9 Å². The maximum atomic E-state index is 13.0. The third-order valence-corrected chi connectivity index (χ3v) is 6.35.